The maximum atomic E-state index is 3.66. The fraction of sp³-hybridized carbons (Fsp3) is 0.903. The number of aromatic nitrogens is 2. The van der Waals surface area contributed by atoms with Crippen LogP contribution in [0.3, 0.4) is 0 Å². The molecule has 33 heavy (non-hydrogen) atoms. The van der Waals surface area contributed by atoms with E-state index in [4.69, 9.17) is 0 Å². The van der Waals surface area contributed by atoms with Gasteiger partial charge in [-0.15, -0.1) is 0 Å². The van der Waals surface area contributed by atoms with Crippen molar-refractivity contribution in [2.75, 3.05) is 0 Å². The summed E-state index contributed by atoms with van der Waals surface area (Å²) < 4.78 is 2.59. The molecule has 0 amide bonds. The number of imidazole rings is 1. The predicted octanol–water partition coefficient (Wildman–Crippen LogP) is 10.6. The van der Waals surface area contributed by atoms with Crippen molar-refractivity contribution >= 4 is 0 Å². The third-order valence-electron chi connectivity index (χ3n) is 7.64. The molecule has 2 nitrogen and oxygen atoms in total. The highest BCUT2D eigenvalue weighted by molar-refractivity contribution is 4.90. The van der Waals surface area contributed by atoms with Crippen LogP contribution in [0.1, 0.15) is 187 Å². The van der Waals surface area contributed by atoms with Gasteiger partial charge in [0.05, 0.1) is 12.0 Å². The lowest BCUT2D eigenvalue weighted by atomic mass is 9.93. The van der Waals surface area contributed by atoms with Crippen LogP contribution in [0.25, 0.3) is 0 Å². The van der Waals surface area contributed by atoms with Crippen molar-refractivity contribution in [3.63, 3.8) is 0 Å². The van der Waals surface area contributed by atoms with Crippen LogP contribution in [0.15, 0.2) is 12.4 Å². The number of unbranched alkanes of at least 4 members (excludes halogenated alkanes) is 16. The number of aromatic amines is 1. The van der Waals surface area contributed by atoms with E-state index in [1.807, 2.05) is 0 Å². The van der Waals surface area contributed by atoms with E-state index >= 15 is 0 Å². The zero-order chi connectivity index (χ0) is 24.0. The summed E-state index contributed by atoms with van der Waals surface area (Å²) in [6, 6.07) is 0.624. The minimum Gasteiger partial charge on any atom is -0.247 e. The van der Waals surface area contributed by atoms with Crippen molar-refractivity contribution in [1.29, 1.82) is 0 Å². The van der Waals surface area contributed by atoms with Crippen LogP contribution in [0, 0.1) is 0 Å². The minimum absolute atomic E-state index is 0.624. The molecule has 0 spiro atoms. The number of H-pyrrole nitrogens is 1. The van der Waals surface area contributed by atoms with Crippen LogP contribution in [0.5, 0.6) is 0 Å². The Morgan fingerprint density at radius 2 is 1.00 bits per heavy atom. The number of hydrogen-bond donors (Lipinski definition) is 1. The number of nitrogens with zero attached hydrogens (tertiary/aromatic N) is 1. The summed E-state index contributed by atoms with van der Waals surface area (Å²) in [6.07, 6.45) is 35.4. The topological polar surface area (TPSA) is 19.7 Å². The van der Waals surface area contributed by atoms with Gasteiger partial charge in [-0.2, -0.15) is 0 Å². The van der Waals surface area contributed by atoms with Crippen molar-refractivity contribution in [3.05, 3.63) is 18.2 Å². The highest BCUT2D eigenvalue weighted by atomic mass is 15.1. The Labute approximate surface area is 208 Å². The molecule has 1 aromatic rings. The Morgan fingerprint density at radius 1 is 0.576 bits per heavy atom. The highest BCUT2D eigenvalue weighted by Gasteiger charge is 2.25. The highest BCUT2D eigenvalue weighted by Crippen LogP contribution is 2.26. The van der Waals surface area contributed by atoms with Gasteiger partial charge in [-0.25, -0.2) is 9.55 Å². The normalized spacial score (nSPS) is 13.5. The first-order valence-corrected chi connectivity index (χ1v) is 15.3. The molecule has 1 aromatic heterocycles. The quantitative estimate of drug-likeness (QED) is 0.117. The standard InChI is InChI=1S/C31H60N2/c1-5-8-11-13-15-16-17-18-19-20-22-24-29(4)33-28-27-32-31(33)30(25-10-7-3)26-23-21-14-12-9-6-2/h27-30H,5-26H2,1-4H3/p+1. The average molecular weight is 462 g/mol. The van der Waals surface area contributed by atoms with Crippen molar-refractivity contribution in [2.45, 2.75) is 181 Å². The lowest BCUT2D eigenvalue weighted by molar-refractivity contribution is -0.727. The molecule has 0 aliphatic carbocycles. The Bertz CT molecular complexity index is 521. The summed E-state index contributed by atoms with van der Waals surface area (Å²) >= 11 is 0. The molecule has 2 heteroatoms. The lowest BCUT2D eigenvalue weighted by Crippen LogP contribution is -2.41. The molecule has 2 atom stereocenters. The van der Waals surface area contributed by atoms with Crippen LogP contribution in [0.4, 0.5) is 0 Å². The van der Waals surface area contributed by atoms with Crippen molar-refractivity contribution in [1.82, 2.24) is 4.98 Å². The van der Waals surface area contributed by atoms with Gasteiger partial charge in [0, 0.05) is 0 Å². The first-order chi connectivity index (χ1) is 16.2. The van der Waals surface area contributed by atoms with Gasteiger partial charge in [-0.1, -0.05) is 136 Å². The summed E-state index contributed by atoms with van der Waals surface area (Å²) in [5, 5.41) is 0. The van der Waals surface area contributed by atoms with E-state index in [0.29, 0.717) is 12.0 Å². The van der Waals surface area contributed by atoms with E-state index in [-0.39, 0.29) is 0 Å². The van der Waals surface area contributed by atoms with Gasteiger partial charge in [0.15, 0.2) is 0 Å². The summed E-state index contributed by atoms with van der Waals surface area (Å²) in [5.41, 5.74) is 0. The first-order valence-electron chi connectivity index (χ1n) is 15.3. The lowest BCUT2D eigenvalue weighted by Gasteiger charge is -2.17. The fourth-order valence-electron chi connectivity index (χ4n) is 5.35. The molecule has 1 N–H and O–H groups in total. The Hall–Kier alpha value is -0.790. The maximum Gasteiger partial charge on any atom is 0.257 e. The van der Waals surface area contributed by atoms with E-state index < -0.39 is 0 Å². The largest absolute Gasteiger partial charge is 0.257 e. The molecule has 2 unspecified atom stereocenters. The number of hydrogen-bond acceptors (Lipinski definition) is 0. The van der Waals surface area contributed by atoms with Crippen LogP contribution < -0.4 is 4.57 Å². The fourth-order valence-corrected chi connectivity index (χ4v) is 5.35. The van der Waals surface area contributed by atoms with E-state index in [9.17, 15) is 0 Å². The van der Waals surface area contributed by atoms with Crippen molar-refractivity contribution < 1.29 is 4.57 Å². The SMILES string of the molecule is CCCCCCCCCCCCCC(C)[n+]1cc[nH]c1C(CCCC)CCCCCCCC. The Balaban J connectivity index is 2.31. The van der Waals surface area contributed by atoms with Gasteiger partial charge in [0.1, 0.15) is 12.4 Å². The number of rotatable bonds is 24. The molecule has 0 saturated carbocycles. The van der Waals surface area contributed by atoms with E-state index in [2.05, 4.69) is 49.6 Å². The second kappa shape index (κ2) is 21.7. The summed E-state index contributed by atoms with van der Waals surface area (Å²) in [4.78, 5) is 3.66. The molecular weight excluding hydrogens is 400 g/mol. The van der Waals surface area contributed by atoms with Gasteiger partial charge in [0.25, 0.3) is 5.82 Å². The van der Waals surface area contributed by atoms with Crippen LogP contribution in [0.2, 0.25) is 0 Å². The third-order valence-corrected chi connectivity index (χ3v) is 7.64. The molecule has 0 aliphatic rings. The van der Waals surface area contributed by atoms with E-state index in [0.717, 1.165) is 0 Å². The minimum atomic E-state index is 0.624. The predicted molar refractivity (Wildman–Crippen MR) is 147 cm³/mol. The molecule has 1 rings (SSSR count). The van der Waals surface area contributed by atoms with Crippen LogP contribution in [-0.2, 0) is 0 Å². The van der Waals surface area contributed by atoms with Crippen LogP contribution in [-0.4, -0.2) is 4.98 Å². The smallest absolute Gasteiger partial charge is 0.247 e. The molecule has 0 aromatic carbocycles. The second-order valence-corrected chi connectivity index (χ2v) is 10.8. The molecule has 0 saturated heterocycles. The molecule has 0 bridgehead atoms. The number of nitrogens with one attached hydrogen (secondary N) is 1. The molecular formula is C31H61N2+. The maximum absolute atomic E-state index is 3.66. The Kier molecular flexibility index (Phi) is 19.9. The summed E-state index contributed by atoms with van der Waals surface area (Å²) in [5.74, 6) is 2.22. The van der Waals surface area contributed by atoms with Crippen molar-refractivity contribution in [3.8, 4) is 0 Å². The second-order valence-electron chi connectivity index (χ2n) is 10.8. The zero-order valence-electron chi connectivity index (χ0n) is 23.3. The molecule has 1 heterocycles. The van der Waals surface area contributed by atoms with Crippen LogP contribution >= 0.6 is 0 Å². The monoisotopic (exact) mass is 461 g/mol. The van der Waals surface area contributed by atoms with Gasteiger partial charge < -0.3 is 0 Å². The molecule has 0 aliphatic heterocycles. The Morgan fingerprint density at radius 3 is 1.52 bits per heavy atom. The summed E-state index contributed by atoms with van der Waals surface area (Å²) in [7, 11) is 0. The third kappa shape index (κ3) is 14.9. The van der Waals surface area contributed by atoms with E-state index in [1.54, 1.807) is 0 Å². The molecule has 0 fully saturated rings. The van der Waals surface area contributed by atoms with E-state index in [1.165, 1.54) is 147 Å². The van der Waals surface area contributed by atoms with Crippen molar-refractivity contribution in [2.24, 2.45) is 0 Å². The average Bonchev–Trinajstić information content (AvgIpc) is 3.31. The molecule has 194 valence electrons. The molecule has 0 radical (unpaired) electrons. The van der Waals surface area contributed by atoms with Gasteiger partial charge in [-0.05, 0) is 32.6 Å². The summed E-state index contributed by atoms with van der Waals surface area (Å²) in [6.45, 7) is 9.38. The first kappa shape index (κ1) is 30.2. The van der Waals surface area contributed by atoms with Gasteiger partial charge >= 0.3 is 0 Å². The van der Waals surface area contributed by atoms with Gasteiger partial charge in [0.2, 0.25) is 0 Å². The zero-order valence-corrected chi connectivity index (χ0v) is 23.3. The van der Waals surface area contributed by atoms with Gasteiger partial charge in [-0.3, -0.25) is 0 Å².